The van der Waals surface area contributed by atoms with Crippen LogP contribution in [0.5, 0.6) is 0 Å². The summed E-state index contributed by atoms with van der Waals surface area (Å²) in [4.78, 5) is 18.5. The van der Waals surface area contributed by atoms with E-state index in [1.165, 1.54) is 0 Å². The number of hydrogen-bond acceptors (Lipinski definition) is 4. The first-order chi connectivity index (χ1) is 11.3. The van der Waals surface area contributed by atoms with E-state index >= 15 is 0 Å². The van der Waals surface area contributed by atoms with E-state index in [0.717, 1.165) is 45.4 Å². The second kappa shape index (κ2) is 9.84. The molecule has 0 radical (unpaired) electrons. The van der Waals surface area contributed by atoms with E-state index in [-0.39, 0.29) is 5.91 Å². The number of aliphatic imine (C=N–C) groups is 1. The Kier molecular flexibility index (Phi) is 8.48. The van der Waals surface area contributed by atoms with Crippen molar-refractivity contribution in [3.05, 3.63) is 0 Å². The standard InChI is InChI=1S/C17H35N5O2/c1-6-19-16(21-12-17(4,5)15(18)23)20-11-14(13(2)3)22-7-9-24-10-8-22/h13-14H,6-12H2,1-5H3,(H2,18,23)(H2,19,20,21). The number of nitrogens with two attached hydrogens (primary N) is 1. The largest absolute Gasteiger partial charge is 0.379 e. The topological polar surface area (TPSA) is 92.0 Å². The Morgan fingerprint density at radius 2 is 1.92 bits per heavy atom. The van der Waals surface area contributed by atoms with Crippen LogP contribution in [-0.4, -0.2) is 68.7 Å². The molecule has 1 amide bonds. The van der Waals surface area contributed by atoms with E-state index in [2.05, 4.69) is 34.4 Å². The number of carbonyl (C=O) groups excluding carboxylic acids is 1. The predicted octanol–water partition coefficient (Wildman–Crippen LogP) is 0.410. The van der Waals surface area contributed by atoms with Gasteiger partial charge in [0, 0.05) is 32.2 Å². The number of amides is 1. The van der Waals surface area contributed by atoms with Gasteiger partial charge in [-0.15, -0.1) is 0 Å². The highest BCUT2D eigenvalue weighted by molar-refractivity contribution is 5.82. The Morgan fingerprint density at radius 3 is 2.42 bits per heavy atom. The van der Waals surface area contributed by atoms with Gasteiger partial charge in [-0.25, -0.2) is 0 Å². The highest BCUT2D eigenvalue weighted by Crippen LogP contribution is 2.14. The van der Waals surface area contributed by atoms with Crippen molar-refractivity contribution in [2.45, 2.75) is 40.7 Å². The number of primary amides is 1. The van der Waals surface area contributed by atoms with Gasteiger partial charge in [0.25, 0.3) is 0 Å². The quantitative estimate of drug-likeness (QED) is 0.439. The Hall–Kier alpha value is -1.34. The molecule has 1 unspecified atom stereocenters. The molecule has 0 aromatic carbocycles. The molecular formula is C17H35N5O2. The summed E-state index contributed by atoms with van der Waals surface area (Å²) in [5.41, 5.74) is 4.77. The maximum atomic E-state index is 11.4. The SMILES string of the molecule is CCNC(=NCC(C)(C)C(N)=O)NCC(C(C)C)N1CCOCC1. The molecule has 1 saturated heterocycles. The third kappa shape index (κ3) is 6.65. The van der Waals surface area contributed by atoms with Crippen LogP contribution in [0.3, 0.4) is 0 Å². The van der Waals surface area contributed by atoms with Crippen molar-refractivity contribution < 1.29 is 9.53 Å². The van der Waals surface area contributed by atoms with Crippen LogP contribution in [0.15, 0.2) is 4.99 Å². The molecule has 1 aliphatic rings. The molecule has 24 heavy (non-hydrogen) atoms. The van der Waals surface area contributed by atoms with Crippen molar-refractivity contribution in [1.82, 2.24) is 15.5 Å². The fourth-order valence-electron chi connectivity index (χ4n) is 2.59. The molecule has 7 nitrogen and oxygen atoms in total. The zero-order valence-corrected chi connectivity index (χ0v) is 15.9. The second-order valence-electron chi connectivity index (χ2n) is 7.28. The van der Waals surface area contributed by atoms with E-state index in [1.54, 1.807) is 0 Å². The van der Waals surface area contributed by atoms with Gasteiger partial charge in [0.15, 0.2) is 5.96 Å². The Balaban J connectivity index is 2.66. The summed E-state index contributed by atoms with van der Waals surface area (Å²) < 4.78 is 5.45. The summed E-state index contributed by atoms with van der Waals surface area (Å²) in [6.45, 7) is 15.6. The van der Waals surface area contributed by atoms with Crippen LogP contribution in [0.4, 0.5) is 0 Å². The lowest BCUT2D eigenvalue weighted by atomic mass is 9.93. The molecule has 0 spiro atoms. The van der Waals surface area contributed by atoms with Gasteiger partial charge in [-0.05, 0) is 26.7 Å². The van der Waals surface area contributed by atoms with Crippen LogP contribution in [0.1, 0.15) is 34.6 Å². The lowest BCUT2D eigenvalue weighted by molar-refractivity contribution is -0.125. The average molecular weight is 342 g/mol. The Morgan fingerprint density at radius 1 is 1.29 bits per heavy atom. The van der Waals surface area contributed by atoms with E-state index in [0.29, 0.717) is 18.5 Å². The monoisotopic (exact) mass is 341 g/mol. The molecule has 0 bridgehead atoms. The van der Waals surface area contributed by atoms with Crippen LogP contribution in [0, 0.1) is 11.3 Å². The second-order valence-corrected chi connectivity index (χ2v) is 7.28. The van der Waals surface area contributed by atoms with Crippen LogP contribution in [0.2, 0.25) is 0 Å². The van der Waals surface area contributed by atoms with Crippen molar-refractivity contribution in [3.8, 4) is 0 Å². The lowest BCUT2D eigenvalue weighted by Crippen LogP contribution is -2.52. The average Bonchev–Trinajstić information content (AvgIpc) is 2.53. The minimum absolute atomic E-state index is 0.338. The fraction of sp³-hybridized carbons (Fsp3) is 0.882. The zero-order chi connectivity index (χ0) is 18.2. The minimum Gasteiger partial charge on any atom is -0.379 e. The molecule has 1 heterocycles. The maximum Gasteiger partial charge on any atom is 0.224 e. The molecule has 0 saturated carbocycles. The Labute approximate surface area is 146 Å². The van der Waals surface area contributed by atoms with Gasteiger partial charge in [0.1, 0.15) is 0 Å². The van der Waals surface area contributed by atoms with E-state index in [4.69, 9.17) is 10.5 Å². The van der Waals surface area contributed by atoms with E-state index in [9.17, 15) is 4.79 Å². The number of rotatable bonds is 8. The number of hydrogen-bond donors (Lipinski definition) is 3. The highest BCUT2D eigenvalue weighted by atomic mass is 16.5. The first kappa shape index (κ1) is 20.7. The summed E-state index contributed by atoms with van der Waals surface area (Å²) in [5, 5.41) is 6.65. The van der Waals surface area contributed by atoms with Gasteiger partial charge in [-0.2, -0.15) is 0 Å². The predicted molar refractivity (Wildman–Crippen MR) is 98.0 cm³/mol. The Bertz CT molecular complexity index is 417. The maximum absolute atomic E-state index is 11.4. The zero-order valence-electron chi connectivity index (χ0n) is 15.9. The first-order valence-corrected chi connectivity index (χ1v) is 8.91. The summed E-state index contributed by atoms with van der Waals surface area (Å²) >= 11 is 0. The van der Waals surface area contributed by atoms with Crippen LogP contribution in [0.25, 0.3) is 0 Å². The summed E-state index contributed by atoms with van der Waals surface area (Å²) in [7, 11) is 0. The van der Waals surface area contributed by atoms with Crippen molar-refractivity contribution in [3.63, 3.8) is 0 Å². The molecule has 140 valence electrons. The number of carbonyl (C=O) groups is 1. The molecule has 1 fully saturated rings. The molecule has 7 heteroatoms. The third-order valence-electron chi connectivity index (χ3n) is 4.41. The van der Waals surface area contributed by atoms with Crippen molar-refractivity contribution >= 4 is 11.9 Å². The van der Waals surface area contributed by atoms with Gasteiger partial charge in [-0.3, -0.25) is 14.7 Å². The molecule has 1 atom stereocenters. The smallest absolute Gasteiger partial charge is 0.224 e. The molecule has 0 aromatic heterocycles. The van der Waals surface area contributed by atoms with Gasteiger partial charge in [-0.1, -0.05) is 13.8 Å². The highest BCUT2D eigenvalue weighted by Gasteiger charge is 2.26. The molecule has 0 aliphatic carbocycles. The van der Waals surface area contributed by atoms with Crippen molar-refractivity contribution in [1.29, 1.82) is 0 Å². The number of nitrogens with one attached hydrogen (secondary N) is 2. The number of nitrogens with zero attached hydrogens (tertiary/aromatic N) is 2. The van der Waals surface area contributed by atoms with Crippen molar-refractivity contribution in [2.75, 3.05) is 45.9 Å². The molecule has 1 aliphatic heterocycles. The van der Waals surface area contributed by atoms with Crippen LogP contribution in [-0.2, 0) is 9.53 Å². The van der Waals surface area contributed by atoms with Crippen LogP contribution >= 0.6 is 0 Å². The first-order valence-electron chi connectivity index (χ1n) is 8.91. The number of morpholine rings is 1. The molecule has 1 rings (SSSR count). The van der Waals surface area contributed by atoms with E-state index < -0.39 is 5.41 Å². The van der Waals surface area contributed by atoms with E-state index in [1.807, 2.05) is 20.8 Å². The van der Waals surface area contributed by atoms with Gasteiger partial charge in [0.05, 0.1) is 25.2 Å². The molecular weight excluding hydrogens is 306 g/mol. The number of guanidine groups is 1. The van der Waals surface area contributed by atoms with Crippen molar-refractivity contribution in [2.24, 2.45) is 22.1 Å². The summed E-state index contributed by atoms with van der Waals surface area (Å²) in [6, 6.07) is 0.418. The minimum atomic E-state index is -0.649. The normalized spacial score (nSPS) is 18.5. The molecule has 4 N–H and O–H groups in total. The van der Waals surface area contributed by atoms with Crippen LogP contribution < -0.4 is 16.4 Å². The number of ether oxygens (including phenoxy) is 1. The van der Waals surface area contributed by atoms with Gasteiger partial charge < -0.3 is 21.1 Å². The van der Waals surface area contributed by atoms with Gasteiger partial charge in [0.2, 0.25) is 5.91 Å². The summed E-state index contributed by atoms with van der Waals surface area (Å²) in [6.07, 6.45) is 0. The third-order valence-corrected chi connectivity index (χ3v) is 4.41. The summed E-state index contributed by atoms with van der Waals surface area (Å²) in [5.74, 6) is 0.918. The fourth-order valence-corrected chi connectivity index (χ4v) is 2.59. The molecule has 0 aromatic rings. The van der Waals surface area contributed by atoms with Gasteiger partial charge >= 0.3 is 0 Å². The lowest BCUT2D eigenvalue weighted by Gasteiger charge is -2.37.